The fraction of sp³-hybridized carbons (Fsp3) is 0.857. The number of hydrogen-bond acceptors (Lipinski definition) is 4. The Morgan fingerprint density at radius 2 is 1.90 bits per heavy atom. The Hall–Kier alpha value is -1.30. The first kappa shape index (κ1) is 16.8. The molecule has 0 aliphatic carbocycles. The molecule has 0 aromatic heterocycles. The monoisotopic (exact) mass is 286 g/mol. The lowest BCUT2D eigenvalue weighted by Crippen LogP contribution is -2.52. The Bertz CT molecular complexity index is 378. The molecule has 6 nitrogen and oxygen atoms in total. The van der Waals surface area contributed by atoms with Crippen LogP contribution in [0, 0.1) is 5.41 Å². The molecule has 1 rings (SSSR count). The summed E-state index contributed by atoms with van der Waals surface area (Å²) in [6, 6.07) is 0. The van der Waals surface area contributed by atoms with Gasteiger partial charge in [0.1, 0.15) is 5.60 Å². The molecule has 6 heteroatoms. The van der Waals surface area contributed by atoms with Crippen LogP contribution < -0.4 is 0 Å². The third-order valence-electron chi connectivity index (χ3n) is 3.42. The van der Waals surface area contributed by atoms with Crippen LogP contribution in [0.2, 0.25) is 0 Å². The van der Waals surface area contributed by atoms with Gasteiger partial charge in [-0.3, -0.25) is 9.63 Å². The Labute approximate surface area is 121 Å². The van der Waals surface area contributed by atoms with Gasteiger partial charge in [0, 0.05) is 20.1 Å². The van der Waals surface area contributed by atoms with Gasteiger partial charge in [0.2, 0.25) is 0 Å². The summed E-state index contributed by atoms with van der Waals surface area (Å²) in [5.74, 6) is -0.117. The van der Waals surface area contributed by atoms with Crippen LogP contribution in [0.4, 0.5) is 4.79 Å². The van der Waals surface area contributed by atoms with Gasteiger partial charge in [-0.1, -0.05) is 0 Å². The SMILES string of the molecule is CON(C)C(=O)C1(C)CCCN(C(=O)OC(C)(C)C)C1. The van der Waals surface area contributed by atoms with Crippen molar-refractivity contribution < 1.29 is 19.2 Å². The van der Waals surface area contributed by atoms with E-state index in [-0.39, 0.29) is 12.0 Å². The van der Waals surface area contributed by atoms with Crippen LogP contribution in [0.5, 0.6) is 0 Å². The van der Waals surface area contributed by atoms with E-state index in [0.717, 1.165) is 12.8 Å². The van der Waals surface area contributed by atoms with Crippen molar-refractivity contribution in [2.75, 3.05) is 27.2 Å². The second-order valence-electron chi connectivity index (χ2n) is 6.55. The van der Waals surface area contributed by atoms with Gasteiger partial charge in [-0.2, -0.15) is 0 Å². The summed E-state index contributed by atoms with van der Waals surface area (Å²) in [5.41, 5.74) is -1.15. The van der Waals surface area contributed by atoms with Gasteiger partial charge in [0.15, 0.2) is 0 Å². The Morgan fingerprint density at radius 3 is 2.40 bits per heavy atom. The highest BCUT2D eigenvalue weighted by Crippen LogP contribution is 2.32. The molecule has 0 N–H and O–H groups in total. The number of piperidine rings is 1. The molecule has 1 unspecified atom stereocenters. The average molecular weight is 286 g/mol. The number of rotatable bonds is 2. The maximum atomic E-state index is 12.3. The average Bonchev–Trinajstić information content (AvgIpc) is 2.35. The van der Waals surface area contributed by atoms with Crippen molar-refractivity contribution in [1.29, 1.82) is 0 Å². The highest BCUT2D eigenvalue weighted by molar-refractivity contribution is 5.82. The number of ether oxygens (including phenoxy) is 1. The van der Waals surface area contributed by atoms with E-state index in [1.165, 1.54) is 12.2 Å². The molecule has 0 bridgehead atoms. The van der Waals surface area contributed by atoms with E-state index in [1.807, 2.05) is 27.7 Å². The molecular weight excluding hydrogens is 260 g/mol. The maximum absolute atomic E-state index is 12.3. The lowest BCUT2D eigenvalue weighted by Gasteiger charge is -2.40. The zero-order valence-corrected chi connectivity index (χ0v) is 13.4. The van der Waals surface area contributed by atoms with Crippen molar-refractivity contribution in [1.82, 2.24) is 9.96 Å². The smallest absolute Gasteiger partial charge is 0.410 e. The minimum absolute atomic E-state index is 0.117. The van der Waals surface area contributed by atoms with Crippen LogP contribution in [0.1, 0.15) is 40.5 Å². The van der Waals surface area contributed by atoms with Gasteiger partial charge in [0.25, 0.3) is 5.91 Å². The third-order valence-corrected chi connectivity index (χ3v) is 3.42. The van der Waals surface area contributed by atoms with Crippen LogP contribution in [-0.2, 0) is 14.4 Å². The van der Waals surface area contributed by atoms with Crippen LogP contribution in [0.25, 0.3) is 0 Å². The van der Waals surface area contributed by atoms with Crippen molar-refractivity contribution in [3.05, 3.63) is 0 Å². The molecule has 1 fully saturated rings. The van der Waals surface area contributed by atoms with Gasteiger partial charge in [-0.05, 0) is 40.5 Å². The quantitative estimate of drug-likeness (QED) is 0.729. The summed E-state index contributed by atoms with van der Waals surface area (Å²) >= 11 is 0. The first-order valence-electron chi connectivity index (χ1n) is 6.89. The number of nitrogens with zero attached hydrogens (tertiary/aromatic N) is 2. The van der Waals surface area contributed by atoms with Crippen molar-refractivity contribution >= 4 is 12.0 Å². The Kier molecular flexibility index (Phi) is 5.02. The molecule has 1 aliphatic heterocycles. The molecule has 1 atom stereocenters. The largest absolute Gasteiger partial charge is 0.444 e. The van der Waals surface area contributed by atoms with E-state index in [2.05, 4.69) is 0 Å². The van der Waals surface area contributed by atoms with Gasteiger partial charge >= 0.3 is 6.09 Å². The molecule has 0 aromatic carbocycles. The van der Waals surface area contributed by atoms with Crippen LogP contribution in [-0.4, -0.2) is 54.8 Å². The fourth-order valence-electron chi connectivity index (χ4n) is 2.36. The Balaban J connectivity index is 2.75. The number of hydroxylamine groups is 2. The third kappa shape index (κ3) is 4.10. The molecule has 1 heterocycles. The van der Waals surface area contributed by atoms with Crippen molar-refractivity contribution in [2.45, 2.75) is 46.1 Å². The number of carbonyl (C=O) groups is 2. The highest BCUT2D eigenvalue weighted by atomic mass is 16.7. The summed E-state index contributed by atoms with van der Waals surface area (Å²) in [6.07, 6.45) is 1.15. The molecule has 2 amide bonds. The van der Waals surface area contributed by atoms with Crippen molar-refractivity contribution in [3.8, 4) is 0 Å². The topological polar surface area (TPSA) is 59.1 Å². The standard InChI is InChI=1S/C14H26N2O4/c1-13(2,3)20-12(18)16-9-7-8-14(4,10-16)11(17)15(5)19-6/h7-10H2,1-6H3. The molecule has 20 heavy (non-hydrogen) atoms. The minimum atomic E-state index is -0.625. The van der Waals surface area contributed by atoms with Crippen LogP contribution >= 0.6 is 0 Å². The second kappa shape index (κ2) is 5.99. The summed E-state index contributed by atoms with van der Waals surface area (Å²) < 4.78 is 5.37. The van der Waals surface area contributed by atoms with Crippen molar-refractivity contribution in [3.63, 3.8) is 0 Å². The lowest BCUT2D eigenvalue weighted by molar-refractivity contribution is -0.182. The lowest BCUT2D eigenvalue weighted by atomic mass is 9.81. The molecule has 0 radical (unpaired) electrons. The summed E-state index contributed by atoms with van der Waals surface area (Å²) in [5, 5.41) is 1.22. The highest BCUT2D eigenvalue weighted by Gasteiger charge is 2.42. The van der Waals surface area contributed by atoms with E-state index < -0.39 is 11.0 Å². The minimum Gasteiger partial charge on any atom is -0.444 e. The van der Waals surface area contributed by atoms with E-state index in [4.69, 9.17) is 9.57 Å². The van der Waals surface area contributed by atoms with Crippen LogP contribution in [0.15, 0.2) is 0 Å². The predicted molar refractivity (Wildman–Crippen MR) is 74.9 cm³/mol. The van der Waals surface area contributed by atoms with Crippen LogP contribution in [0.3, 0.4) is 0 Å². The Morgan fingerprint density at radius 1 is 1.30 bits per heavy atom. The second-order valence-corrected chi connectivity index (χ2v) is 6.55. The zero-order chi connectivity index (χ0) is 15.6. The summed E-state index contributed by atoms with van der Waals surface area (Å²) in [4.78, 5) is 31.0. The molecule has 1 saturated heterocycles. The molecule has 1 aliphatic rings. The number of hydrogen-bond donors (Lipinski definition) is 0. The molecule has 0 spiro atoms. The number of likely N-dealkylation sites (tertiary alicyclic amines) is 1. The van der Waals surface area contributed by atoms with Gasteiger partial charge < -0.3 is 9.64 Å². The van der Waals surface area contributed by atoms with Crippen molar-refractivity contribution in [2.24, 2.45) is 5.41 Å². The van der Waals surface area contributed by atoms with Gasteiger partial charge in [-0.15, -0.1) is 0 Å². The normalized spacial score (nSPS) is 23.4. The molecular formula is C14H26N2O4. The van der Waals surface area contributed by atoms with Gasteiger partial charge in [0.05, 0.1) is 12.5 Å². The maximum Gasteiger partial charge on any atom is 0.410 e. The summed E-state index contributed by atoms with van der Waals surface area (Å²) in [6.45, 7) is 8.33. The first-order valence-corrected chi connectivity index (χ1v) is 6.89. The molecule has 0 aromatic rings. The number of amides is 2. The first-order chi connectivity index (χ1) is 9.09. The summed E-state index contributed by atoms with van der Waals surface area (Å²) in [7, 11) is 3.04. The fourth-order valence-corrected chi connectivity index (χ4v) is 2.36. The van der Waals surface area contributed by atoms with E-state index in [9.17, 15) is 9.59 Å². The zero-order valence-electron chi connectivity index (χ0n) is 13.4. The van der Waals surface area contributed by atoms with E-state index in [1.54, 1.807) is 11.9 Å². The molecule has 0 saturated carbocycles. The predicted octanol–water partition coefficient (Wildman–Crippen LogP) is 2.04. The van der Waals surface area contributed by atoms with Gasteiger partial charge in [-0.25, -0.2) is 9.86 Å². The number of carbonyl (C=O) groups excluding carboxylic acids is 2. The van der Waals surface area contributed by atoms with E-state index in [0.29, 0.717) is 13.1 Å². The van der Waals surface area contributed by atoms with E-state index >= 15 is 0 Å². The molecule has 116 valence electrons.